The largest absolute Gasteiger partial charge is 0.490 e. The first-order chi connectivity index (χ1) is 18.1. The van der Waals surface area contributed by atoms with Crippen molar-refractivity contribution in [3.63, 3.8) is 0 Å². The summed E-state index contributed by atoms with van der Waals surface area (Å²) in [5, 5.41) is 0.766. The smallest absolute Gasteiger partial charge is 0.337 e. The Morgan fingerprint density at radius 1 is 1.26 bits per heavy atom. The lowest BCUT2D eigenvalue weighted by Gasteiger charge is -2.44. The van der Waals surface area contributed by atoms with Crippen molar-refractivity contribution in [2.45, 2.75) is 63.0 Å². The maximum atomic E-state index is 12.5. The van der Waals surface area contributed by atoms with E-state index in [9.17, 15) is 9.00 Å². The first-order valence-electron chi connectivity index (χ1n) is 13.4. The molecule has 1 heterocycles. The molecule has 1 fully saturated rings. The Morgan fingerprint density at radius 3 is 2.79 bits per heavy atom. The molecule has 38 heavy (non-hydrogen) atoms. The molecule has 5 rings (SSSR count). The number of nitrogens with zero attached hydrogens (tertiary/aromatic N) is 2. The Kier molecular flexibility index (Phi) is 7.62. The molecule has 0 bridgehead atoms. The van der Waals surface area contributed by atoms with Crippen LogP contribution < -0.4 is 9.64 Å². The summed E-state index contributed by atoms with van der Waals surface area (Å²) in [5.74, 6) is 1.09. The summed E-state index contributed by atoms with van der Waals surface area (Å²) >= 11 is 6.37. The second-order valence-electron chi connectivity index (χ2n) is 11.9. The van der Waals surface area contributed by atoms with E-state index in [2.05, 4.69) is 21.4 Å². The lowest BCUT2D eigenvalue weighted by Crippen LogP contribution is -2.48. The summed E-state index contributed by atoms with van der Waals surface area (Å²) in [5.41, 5.74) is 3.87. The minimum Gasteiger partial charge on any atom is -0.490 e. The van der Waals surface area contributed by atoms with Crippen LogP contribution >= 0.6 is 11.6 Å². The van der Waals surface area contributed by atoms with Gasteiger partial charge in [-0.3, -0.25) is 0 Å². The molecule has 0 N–H and O–H groups in total. The summed E-state index contributed by atoms with van der Waals surface area (Å²) in [6.07, 6.45) is 7.16. The van der Waals surface area contributed by atoms with Crippen molar-refractivity contribution in [2.24, 2.45) is 16.2 Å². The zero-order chi connectivity index (χ0) is 27.1. The molecule has 1 aliphatic heterocycles. The minimum atomic E-state index is -1.26. The first kappa shape index (κ1) is 27.2. The number of esters is 1. The van der Waals surface area contributed by atoms with Gasteiger partial charge in [-0.05, 0) is 106 Å². The van der Waals surface area contributed by atoms with E-state index >= 15 is 0 Å². The van der Waals surface area contributed by atoms with E-state index in [0.717, 1.165) is 61.7 Å². The third-order valence-corrected chi connectivity index (χ3v) is 9.86. The van der Waals surface area contributed by atoms with Gasteiger partial charge in [0.25, 0.3) is 0 Å². The van der Waals surface area contributed by atoms with E-state index < -0.39 is 11.0 Å². The van der Waals surface area contributed by atoms with Crippen LogP contribution in [-0.2, 0) is 27.6 Å². The number of anilines is 1. The van der Waals surface area contributed by atoms with Gasteiger partial charge in [0.1, 0.15) is 16.7 Å². The van der Waals surface area contributed by atoms with Gasteiger partial charge in [-0.25, -0.2) is 9.00 Å². The van der Waals surface area contributed by atoms with Crippen molar-refractivity contribution in [3.05, 3.63) is 58.1 Å². The monoisotopic (exact) mass is 556 g/mol. The van der Waals surface area contributed by atoms with Crippen LogP contribution in [0.1, 0.15) is 67.9 Å². The number of methoxy groups -OCH3 is 1. The number of carbonyl (C=O) groups excluding carboxylic acids is 1. The third-order valence-electron chi connectivity index (χ3n) is 8.26. The van der Waals surface area contributed by atoms with Gasteiger partial charge in [0, 0.05) is 29.7 Å². The zero-order valence-electron chi connectivity index (χ0n) is 22.7. The SMILES string of the molecule is COC(=O)c1ccc2c(c1)N(C[C@@H]1CC[C@H]1C=N[S@@](=O)C(C)(C)C)C[C@@]1(CCCc3cc(Cl)ccc31)CO2. The number of rotatable bonds is 5. The molecule has 2 aromatic rings. The number of hydrogen-bond donors (Lipinski definition) is 0. The second kappa shape index (κ2) is 10.6. The Hall–Kier alpha value is -2.38. The Balaban J connectivity index is 1.48. The highest BCUT2D eigenvalue weighted by atomic mass is 35.5. The van der Waals surface area contributed by atoms with E-state index in [1.165, 1.54) is 18.2 Å². The topological polar surface area (TPSA) is 68.2 Å². The maximum Gasteiger partial charge on any atom is 0.337 e. The Labute approximate surface area is 233 Å². The molecule has 0 unspecified atom stereocenters. The molecule has 4 atom stereocenters. The minimum absolute atomic E-state index is 0.177. The summed E-state index contributed by atoms with van der Waals surface area (Å²) in [6, 6.07) is 11.8. The number of aryl methyl sites for hydroxylation is 1. The van der Waals surface area contributed by atoms with Crippen LogP contribution in [0.25, 0.3) is 0 Å². The summed E-state index contributed by atoms with van der Waals surface area (Å²) in [7, 11) is 0.146. The highest BCUT2D eigenvalue weighted by Crippen LogP contribution is 2.46. The van der Waals surface area contributed by atoms with E-state index in [0.29, 0.717) is 18.1 Å². The number of ether oxygens (including phenoxy) is 2. The predicted octanol–water partition coefficient (Wildman–Crippen LogP) is 6.16. The van der Waals surface area contributed by atoms with Crippen molar-refractivity contribution in [1.29, 1.82) is 0 Å². The van der Waals surface area contributed by atoms with Crippen molar-refractivity contribution in [3.8, 4) is 5.75 Å². The van der Waals surface area contributed by atoms with Crippen LogP contribution in [-0.4, -0.2) is 47.9 Å². The van der Waals surface area contributed by atoms with Crippen LogP contribution in [0.5, 0.6) is 5.75 Å². The average molecular weight is 557 g/mol. The van der Waals surface area contributed by atoms with Crippen LogP contribution in [0.2, 0.25) is 5.02 Å². The number of halogens is 1. The molecule has 0 radical (unpaired) electrons. The second-order valence-corrected chi connectivity index (χ2v) is 14.3. The molecule has 1 spiro atoms. The molecular formula is C30H37ClN2O4S. The predicted molar refractivity (Wildman–Crippen MR) is 154 cm³/mol. The van der Waals surface area contributed by atoms with Crippen LogP contribution in [0.4, 0.5) is 5.69 Å². The summed E-state index contributed by atoms with van der Waals surface area (Å²) in [6.45, 7) is 8.00. The number of hydrogen-bond acceptors (Lipinski definition) is 5. The highest BCUT2D eigenvalue weighted by Gasteiger charge is 2.43. The van der Waals surface area contributed by atoms with Gasteiger partial charge in [0.05, 0.1) is 29.7 Å². The molecule has 204 valence electrons. The molecule has 0 amide bonds. The summed E-state index contributed by atoms with van der Waals surface area (Å²) < 4.78 is 28.1. The van der Waals surface area contributed by atoms with Gasteiger partial charge in [-0.2, -0.15) is 4.40 Å². The number of carbonyl (C=O) groups is 1. The van der Waals surface area contributed by atoms with Crippen molar-refractivity contribution >= 4 is 40.5 Å². The van der Waals surface area contributed by atoms with Gasteiger partial charge >= 0.3 is 5.97 Å². The maximum absolute atomic E-state index is 12.5. The average Bonchev–Trinajstić information content (AvgIpc) is 3.02. The lowest BCUT2D eigenvalue weighted by molar-refractivity contribution is 0.0600. The van der Waals surface area contributed by atoms with Crippen molar-refractivity contribution < 1.29 is 18.5 Å². The van der Waals surface area contributed by atoms with Gasteiger partial charge in [-0.1, -0.05) is 17.7 Å². The van der Waals surface area contributed by atoms with E-state index in [-0.39, 0.29) is 22.0 Å². The first-order valence-corrected chi connectivity index (χ1v) is 14.9. The zero-order valence-corrected chi connectivity index (χ0v) is 24.2. The molecule has 0 aromatic heterocycles. The fourth-order valence-electron chi connectivity index (χ4n) is 5.95. The van der Waals surface area contributed by atoms with Gasteiger partial charge in [0.15, 0.2) is 0 Å². The molecule has 3 aliphatic rings. The molecule has 0 saturated heterocycles. The van der Waals surface area contributed by atoms with E-state index in [4.69, 9.17) is 21.1 Å². The highest BCUT2D eigenvalue weighted by molar-refractivity contribution is 7.85. The van der Waals surface area contributed by atoms with Gasteiger partial charge < -0.3 is 14.4 Å². The molecule has 6 nitrogen and oxygen atoms in total. The molecule has 1 saturated carbocycles. The fraction of sp³-hybridized carbons (Fsp3) is 0.533. The van der Waals surface area contributed by atoms with Crippen molar-refractivity contribution in [2.75, 3.05) is 31.7 Å². The van der Waals surface area contributed by atoms with Crippen LogP contribution in [0.3, 0.4) is 0 Å². The molecule has 2 aliphatic carbocycles. The fourth-order valence-corrected chi connectivity index (χ4v) is 6.73. The van der Waals surface area contributed by atoms with Crippen molar-refractivity contribution in [1.82, 2.24) is 0 Å². The molecular weight excluding hydrogens is 520 g/mol. The lowest BCUT2D eigenvalue weighted by atomic mass is 9.69. The molecule has 8 heteroatoms. The van der Waals surface area contributed by atoms with E-state index in [1.807, 2.05) is 45.2 Å². The van der Waals surface area contributed by atoms with Gasteiger partial charge in [0.2, 0.25) is 0 Å². The number of fused-ring (bicyclic) bond motifs is 3. The van der Waals surface area contributed by atoms with Gasteiger partial charge in [-0.15, -0.1) is 0 Å². The van der Waals surface area contributed by atoms with E-state index in [1.54, 1.807) is 6.07 Å². The number of benzene rings is 2. The third kappa shape index (κ3) is 5.37. The normalized spacial score (nSPS) is 25.7. The molecule has 2 aromatic carbocycles. The quantitative estimate of drug-likeness (QED) is 0.326. The summed E-state index contributed by atoms with van der Waals surface area (Å²) in [4.78, 5) is 14.8. The van der Waals surface area contributed by atoms with Crippen LogP contribution in [0.15, 0.2) is 40.8 Å². The van der Waals surface area contributed by atoms with Crippen LogP contribution in [0, 0.1) is 11.8 Å². The Bertz CT molecular complexity index is 1270. The standard InChI is InChI=1S/C30H37ClN2O4S/c1-29(2,3)38(35)32-16-22-7-8-23(22)17-33-18-30(13-5-6-20-14-24(31)10-11-25(20)30)19-37-27-12-9-21(15-26(27)33)28(34)36-4/h9-12,14-16,22-23H,5-8,13,17-19H2,1-4H3/t22-,23-,30-,38-/m0/s1. The Morgan fingerprint density at radius 2 is 2.08 bits per heavy atom.